The number of hydrogen-bond acceptors (Lipinski definition) is 8. The molecule has 0 radical (unpaired) electrons. The quantitative estimate of drug-likeness (QED) is 0.381. The Morgan fingerprint density at radius 2 is 1.69 bits per heavy atom. The van der Waals surface area contributed by atoms with E-state index in [1.165, 1.54) is 6.33 Å². The van der Waals surface area contributed by atoms with Gasteiger partial charge >= 0.3 is 5.69 Å². The van der Waals surface area contributed by atoms with Crippen LogP contribution in [0.25, 0.3) is 10.9 Å². The van der Waals surface area contributed by atoms with Crippen LogP contribution in [-0.2, 0) is 0 Å². The predicted molar refractivity (Wildman–Crippen MR) is 111 cm³/mol. The van der Waals surface area contributed by atoms with Gasteiger partial charge in [-0.3, -0.25) is 15.1 Å². The van der Waals surface area contributed by atoms with E-state index in [0.717, 1.165) is 16.6 Å². The molecule has 29 heavy (non-hydrogen) atoms. The minimum absolute atomic E-state index is 0.0543. The van der Waals surface area contributed by atoms with Crippen LogP contribution in [0.4, 0.5) is 28.8 Å². The van der Waals surface area contributed by atoms with Gasteiger partial charge in [-0.25, -0.2) is 15.0 Å². The highest BCUT2D eigenvalue weighted by Crippen LogP contribution is 2.34. The van der Waals surface area contributed by atoms with E-state index in [2.05, 4.69) is 30.6 Å². The van der Waals surface area contributed by atoms with Gasteiger partial charge in [-0.1, -0.05) is 24.3 Å². The average Bonchev–Trinajstić information content (AvgIpc) is 2.70. The van der Waals surface area contributed by atoms with E-state index >= 15 is 0 Å². The third-order valence-electron chi connectivity index (χ3n) is 4.36. The smallest absolute Gasteiger partial charge is 0.332 e. The van der Waals surface area contributed by atoms with Crippen LogP contribution in [-0.4, -0.2) is 24.9 Å². The fourth-order valence-electron chi connectivity index (χ4n) is 2.94. The maximum absolute atomic E-state index is 11.8. The molecule has 0 spiro atoms. The summed E-state index contributed by atoms with van der Waals surface area (Å²) in [5.41, 5.74) is 2.73. The minimum atomic E-state index is -0.521. The number of nitrogens with zero attached hydrogens (tertiary/aromatic N) is 5. The monoisotopic (exact) mass is 387 g/mol. The fraction of sp³-hybridized carbons (Fsp3) is 0.100. The number of para-hydroxylation sites is 1. The Balaban J connectivity index is 1.78. The zero-order valence-electron chi connectivity index (χ0n) is 15.7. The van der Waals surface area contributed by atoms with E-state index in [0.29, 0.717) is 17.0 Å². The van der Waals surface area contributed by atoms with Crippen LogP contribution >= 0.6 is 0 Å². The second kappa shape index (κ2) is 7.47. The molecule has 144 valence electrons. The normalized spacial score (nSPS) is 10.7. The van der Waals surface area contributed by atoms with Gasteiger partial charge in [-0.05, 0) is 37.6 Å². The van der Waals surface area contributed by atoms with E-state index in [-0.39, 0.29) is 17.3 Å². The molecule has 0 bridgehead atoms. The Labute approximate surface area is 166 Å². The van der Waals surface area contributed by atoms with Crippen LogP contribution in [0, 0.1) is 24.0 Å². The van der Waals surface area contributed by atoms with E-state index in [1.807, 2.05) is 44.2 Å². The molecule has 0 fully saturated rings. The fourth-order valence-corrected chi connectivity index (χ4v) is 2.94. The summed E-state index contributed by atoms with van der Waals surface area (Å²) in [7, 11) is 0. The zero-order valence-corrected chi connectivity index (χ0v) is 15.7. The largest absolute Gasteiger partial charge is 0.353 e. The van der Waals surface area contributed by atoms with Gasteiger partial charge in [-0.2, -0.15) is 0 Å². The van der Waals surface area contributed by atoms with Crippen molar-refractivity contribution >= 4 is 39.7 Å². The van der Waals surface area contributed by atoms with E-state index < -0.39 is 4.92 Å². The molecule has 4 aromatic rings. The van der Waals surface area contributed by atoms with E-state index in [9.17, 15) is 10.1 Å². The lowest BCUT2D eigenvalue weighted by molar-refractivity contribution is -0.383. The summed E-state index contributed by atoms with van der Waals surface area (Å²) in [5.74, 6) is 0.610. The lowest BCUT2D eigenvalue weighted by atomic mass is 10.1. The molecule has 2 N–H and O–H groups in total. The molecule has 4 rings (SSSR count). The molecule has 3 heterocycles. The Morgan fingerprint density at radius 3 is 2.45 bits per heavy atom. The Hall–Kier alpha value is -4.14. The van der Waals surface area contributed by atoms with E-state index in [4.69, 9.17) is 0 Å². The minimum Gasteiger partial charge on any atom is -0.332 e. The Kier molecular flexibility index (Phi) is 4.70. The van der Waals surface area contributed by atoms with Crippen molar-refractivity contribution in [2.75, 3.05) is 10.6 Å². The molecule has 0 saturated heterocycles. The average molecular weight is 387 g/mol. The summed E-state index contributed by atoms with van der Waals surface area (Å²) >= 11 is 0. The van der Waals surface area contributed by atoms with Crippen molar-refractivity contribution in [2.24, 2.45) is 0 Å². The number of nitro groups is 1. The van der Waals surface area contributed by atoms with Crippen LogP contribution in [0.3, 0.4) is 0 Å². The number of benzene rings is 1. The number of rotatable bonds is 5. The van der Waals surface area contributed by atoms with Gasteiger partial charge in [0.25, 0.3) is 0 Å². The number of aryl methyl sites for hydroxylation is 2. The van der Waals surface area contributed by atoms with Crippen molar-refractivity contribution in [1.29, 1.82) is 0 Å². The number of nitrogens with one attached hydrogen (secondary N) is 2. The van der Waals surface area contributed by atoms with Crippen LogP contribution < -0.4 is 10.6 Å². The van der Waals surface area contributed by atoms with Gasteiger partial charge in [0.1, 0.15) is 12.1 Å². The number of anilines is 4. The molecule has 1 aromatic carbocycles. The SMILES string of the molecule is Cc1ccc2cccc(Nc3ncnc(Nc4ncccc4C)c3[N+](=O)[O-])c2n1. The first-order valence-corrected chi connectivity index (χ1v) is 8.84. The second-order valence-corrected chi connectivity index (χ2v) is 6.43. The maximum atomic E-state index is 11.8. The molecule has 0 amide bonds. The Bertz CT molecular complexity index is 1230. The first-order chi connectivity index (χ1) is 14.0. The van der Waals surface area contributed by atoms with Crippen LogP contribution in [0.1, 0.15) is 11.3 Å². The van der Waals surface area contributed by atoms with Gasteiger partial charge in [0, 0.05) is 17.3 Å². The summed E-state index contributed by atoms with van der Waals surface area (Å²) in [4.78, 5) is 28.2. The van der Waals surface area contributed by atoms with Crippen molar-refractivity contribution in [3.05, 3.63) is 76.4 Å². The molecule has 9 heteroatoms. The van der Waals surface area contributed by atoms with Gasteiger partial charge in [-0.15, -0.1) is 0 Å². The summed E-state index contributed by atoms with van der Waals surface area (Å²) in [6, 6.07) is 13.1. The highest BCUT2D eigenvalue weighted by Gasteiger charge is 2.24. The van der Waals surface area contributed by atoms with Gasteiger partial charge in [0.05, 0.1) is 16.1 Å². The first kappa shape index (κ1) is 18.2. The number of aromatic nitrogens is 4. The molecule has 0 aliphatic rings. The first-order valence-electron chi connectivity index (χ1n) is 8.84. The van der Waals surface area contributed by atoms with E-state index in [1.54, 1.807) is 18.3 Å². The number of hydrogen-bond donors (Lipinski definition) is 2. The summed E-state index contributed by atoms with van der Waals surface area (Å²) in [6.45, 7) is 3.74. The van der Waals surface area contributed by atoms with Crippen molar-refractivity contribution in [1.82, 2.24) is 19.9 Å². The Morgan fingerprint density at radius 1 is 0.897 bits per heavy atom. The third kappa shape index (κ3) is 3.65. The molecule has 0 saturated carbocycles. The molecule has 3 aromatic heterocycles. The molecular weight excluding hydrogens is 370 g/mol. The maximum Gasteiger partial charge on any atom is 0.353 e. The van der Waals surface area contributed by atoms with Gasteiger partial charge < -0.3 is 10.6 Å². The van der Waals surface area contributed by atoms with Gasteiger partial charge in [0.2, 0.25) is 11.6 Å². The van der Waals surface area contributed by atoms with Crippen molar-refractivity contribution in [3.63, 3.8) is 0 Å². The van der Waals surface area contributed by atoms with Crippen molar-refractivity contribution in [3.8, 4) is 0 Å². The zero-order chi connectivity index (χ0) is 20.4. The number of pyridine rings is 2. The summed E-state index contributed by atoms with van der Waals surface area (Å²) in [5, 5.41) is 18.7. The van der Waals surface area contributed by atoms with Crippen LogP contribution in [0.2, 0.25) is 0 Å². The number of fused-ring (bicyclic) bond motifs is 1. The lowest BCUT2D eigenvalue weighted by Gasteiger charge is -2.12. The van der Waals surface area contributed by atoms with Crippen molar-refractivity contribution in [2.45, 2.75) is 13.8 Å². The topological polar surface area (TPSA) is 119 Å². The lowest BCUT2D eigenvalue weighted by Crippen LogP contribution is -2.07. The molecule has 0 atom stereocenters. The predicted octanol–water partition coefficient (Wildman–Crippen LogP) is 4.43. The molecule has 0 aliphatic heterocycles. The summed E-state index contributed by atoms with van der Waals surface area (Å²) < 4.78 is 0. The summed E-state index contributed by atoms with van der Waals surface area (Å²) in [6.07, 6.45) is 2.87. The highest BCUT2D eigenvalue weighted by molar-refractivity contribution is 5.93. The second-order valence-electron chi connectivity index (χ2n) is 6.43. The van der Waals surface area contributed by atoms with Crippen molar-refractivity contribution < 1.29 is 4.92 Å². The highest BCUT2D eigenvalue weighted by atomic mass is 16.6. The molecule has 0 aliphatic carbocycles. The van der Waals surface area contributed by atoms with Gasteiger partial charge in [0.15, 0.2) is 0 Å². The van der Waals surface area contributed by atoms with Crippen LogP contribution in [0.5, 0.6) is 0 Å². The molecule has 9 nitrogen and oxygen atoms in total. The van der Waals surface area contributed by atoms with Crippen LogP contribution in [0.15, 0.2) is 55.0 Å². The molecule has 0 unspecified atom stereocenters. The third-order valence-corrected chi connectivity index (χ3v) is 4.36. The standard InChI is InChI=1S/C20H17N7O2/c1-12-5-4-10-21-18(12)26-20-17(27(28)29)19(22-11-23-20)25-15-7-3-6-14-9-8-13(2)24-16(14)15/h3-11H,1-2H3,(H2,21,22,23,25,26). The molecular formula is C20H17N7O2.